The molecule has 1 aliphatic heterocycles. The summed E-state index contributed by atoms with van der Waals surface area (Å²) < 4.78 is 101. The van der Waals surface area contributed by atoms with Gasteiger partial charge in [-0.1, -0.05) is 12.1 Å². The third kappa shape index (κ3) is 4.78. The molecule has 36 heavy (non-hydrogen) atoms. The van der Waals surface area contributed by atoms with Crippen LogP contribution in [0, 0.1) is 11.6 Å². The number of alkyl halides is 3. The summed E-state index contributed by atoms with van der Waals surface area (Å²) in [5, 5.41) is 0. The van der Waals surface area contributed by atoms with Gasteiger partial charge in [0.25, 0.3) is 15.9 Å². The predicted molar refractivity (Wildman–Crippen MR) is 121 cm³/mol. The number of rotatable bonds is 6. The van der Waals surface area contributed by atoms with E-state index >= 15 is 0 Å². The maximum Gasteiger partial charge on any atom is 0.416 e. The van der Waals surface area contributed by atoms with Crippen LogP contribution in [0.5, 0.6) is 0 Å². The second kappa shape index (κ2) is 9.51. The Labute approximate surface area is 203 Å². The number of hydrogen-bond donors (Lipinski definition) is 0. The van der Waals surface area contributed by atoms with Gasteiger partial charge in [-0.2, -0.15) is 13.2 Å². The van der Waals surface area contributed by atoms with Gasteiger partial charge in [-0.25, -0.2) is 21.5 Å². The molecular weight excluding hydrogens is 507 g/mol. The van der Waals surface area contributed by atoms with Crippen molar-refractivity contribution in [1.29, 1.82) is 0 Å². The molecule has 0 aromatic heterocycles. The molecule has 0 bridgehead atoms. The first-order chi connectivity index (χ1) is 16.9. The van der Waals surface area contributed by atoms with Crippen molar-refractivity contribution in [1.82, 2.24) is 4.90 Å². The monoisotopic (exact) mass is 526 g/mol. The first kappa shape index (κ1) is 25.6. The van der Waals surface area contributed by atoms with Crippen LogP contribution >= 0.6 is 0 Å². The zero-order valence-electron chi connectivity index (χ0n) is 18.7. The van der Waals surface area contributed by atoms with Gasteiger partial charge in [0.05, 0.1) is 28.3 Å². The number of anilines is 1. The Morgan fingerprint density at radius 2 is 1.72 bits per heavy atom. The molecule has 0 aliphatic carbocycles. The van der Waals surface area contributed by atoms with E-state index in [2.05, 4.69) is 0 Å². The molecule has 0 atom stereocenters. The number of methoxy groups -OCH3 is 1. The molecule has 12 heteroatoms. The number of amides is 1. The minimum atomic E-state index is -4.78. The Balaban J connectivity index is 1.88. The summed E-state index contributed by atoms with van der Waals surface area (Å²) in [4.78, 5) is 13.6. The molecule has 0 unspecified atom stereocenters. The van der Waals surface area contributed by atoms with Crippen LogP contribution in [0.25, 0.3) is 11.1 Å². The van der Waals surface area contributed by atoms with E-state index in [1.807, 2.05) is 0 Å². The van der Waals surface area contributed by atoms with Crippen molar-refractivity contribution in [2.75, 3.05) is 31.2 Å². The van der Waals surface area contributed by atoms with Gasteiger partial charge in [0.1, 0.15) is 18.3 Å². The lowest BCUT2D eigenvalue weighted by molar-refractivity contribution is -0.137. The second-order valence-electron chi connectivity index (χ2n) is 7.94. The van der Waals surface area contributed by atoms with Gasteiger partial charge in [0.15, 0.2) is 0 Å². The van der Waals surface area contributed by atoms with E-state index in [1.165, 1.54) is 30.2 Å². The van der Waals surface area contributed by atoms with Crippen molar-refractivity contribution in [2.45, 2.75) is 11.1 Å². The molecule has 3 aromatic carbocycles. The zero-order valence-corrected chi connectivity index (χ0v) is 19.5. The van der Waals surface area contributed by atoms with Crippen molar-refractivity contribution in [3.63, 3.8) is 0 Å². The molecule has 4 rings (SSSR count). The Kier molecular flexibility index (Phi) is 6.76. The average molecular weight is 526 g/mol. The lowest BCUT2D eigenvalue weighted by Gasteiger charge is -2.37. The lowest BCUT2D eigenvalue weighted by Crippen LogP contribution is -2.50. The quantitative estimate of drug-likeness (QED) is 0.429. The summed E-state index contributed by atoms with van der Waals surface area (Å²) in [6.45, 7) is -0.447. The molecule has 3 aromatic rings. The van der Waals surface area contributed by atoms with Crippen LogP contribution in [0.1, 0.15) is 15.9 Å². The first-order valence-electron chi connectivity index (χ1n) is 10.5. The van der Waals surface area contributed by atoms with Crippen molar-refractivity contribution in [2.24, 2.45) is 0 Å². The van der Waals surface area contributed by atoms with E-state index in [9.17, 15) is 35.2 Å². The van der Waals surface area contributed by atoms with Crippen molar-refractivity contribution in [3.05, 3.63) is 83.4 Å². The van der Waals surface area contributed by atoms with E-state index in [0.29, 0.717) is 6.07 Å². The molecule has 0 N–H and O–H groups in total. The summed E-state index contributed by atoms with van der Waals surface area (Å²) in [6.07, 6.45) is -4.78. The molecule has 0 saturated heterocycles. The van der Waals surface area contributed by atoms with Crippen LogP contribution in [-0.2, 0) is 20.9 Å². The number of halogens is 5. The molecule has 1 aliphatic rings. The highest BCUT2D eigenvalue weighted by molar-refractivity contribution is 7.92. The third-order valence-electron chi connectivity index (χ3n) is 5.64. The van der Waals surface area contributed by atoms with Crippen molar-refractivity contribution >= 4 is 21.6 Å². The fourth-order valence-electron chi connectivity index (χ4n) is 3.81. The number of sulfonamides is 1. The van der Waals surface area contributed by atoms with Gasteiger partial charge >= 0.3 is 6.18 Å². The predicted octanol–water partition coefficient (Wildman–Crippen LogP) is 4.91. The smallest absolute Gasteiger partial charge is 0.383 e. The average Bonchev–Trinajstić information content (AvgIpc) is 2.84. The highest BCUT2D eigenvalue weighted by Crippen LogP contribution is 2.37. The van der Waals surface area contributed by atoms with Crippen LogP contribution in [-0.4, -0.2) is 46.2 Å². The maximum absolute atomic E-state index is 14.4. The molecule has 190 valence electrons. The number of nitrogens with zero attached hydrogens (tertiary/aromatic N) is 2. The van der Waals surface area contributed by atoms with E-state index in [4.69, 9.17) is 4.74 Å². The number of benzene rings is 3. The van der Waals surface area contributed by atoms with Gasteiger partial charge in [-0.3, -0.25) is 4.79 Å². The molecule has 1 heterocycles. The number of carbonyl (C=O) groups is 1. The summed E-state index contributed by atoms with van der Waals surface area (Å²) in [5.74, 6) is -2.07. The van der Waals surface area contributed by atoms with E-state index in [0.717, 1.165) is 40.7 Å². The number of ether oxygens (including phenoxy) is 1. The fraction of sp³-hybridized carbons (Fsp3) is 0.208. The summed E-state index contributed by atoms with van der Waals surface area (Å²) in [7, 11) is -3.24. The van der Waals surface area contributed by atoms with Crippen LogP contribution in [0.3, 0.4) is 0 Å². The SMILES string of the molecule is COCCN1CN(S(=O)(=O)c2cccc(C(F)(F)F)c2)c2cc(-c3cc(F)ccc3F)ccc2C1=O. The van der Waals surface area contributed by atoms with E-state index < -0.39 is 50.9 Å². The standard InChI is InChI=1S/C24H19F5N2O4S/c1-35-10-9-30-14-31(36(33,34)18-4-2-3-16(12-18)24(27,28)29)22-11-15(5-7-19(22)23(30)32)20-13-17(25)6-8-21(20)26/h2-8,11-13H,9-10,14H2,1H3. The van der Waals surface area contributed by atoms with Crippen LogP contribution in [0.15, 0.2) is 65.6 Å². The van der Waals surface area contributed by atoms with E-state index in [-0.39, 0.29) is 35.5 Å². The summed E-state index contributed by atoms with van der Waals surface area (Å²) >= 11 is 0. The highest BCUT2D eigenvalue weighted by Gasteiger charge is 2.38. The molecule has 1 amide bonds. The number of fused-ring (bicyclic) bond motifs is 1. The fourth-order valence-corrected chi connectivity index (χ4v) is 5.29. The first-order valence-corrected chi connectivity index (χ1v) is 11.9. The third-order valence-corrected chi connectivity index (χ3v) is 7.38. The second-order valence-corrected chi connectivity index (χ2v) is 9.80. The summed E-state index contributed by atoms with van der Waals surface area (Å²) in [5.41, 5.74) is -1.51. The normalized spacial score (nSPS) is 14.2. The highest BCUT2D eigenvalue weighted by atomic mass is 32.2. The maximum atomic E-state index is 14.4. The minimum absolute atomic E-state index is 0.00363. The van der Waals surface area contributed by atoms with Gasteiger partial charge in [-0.15, -0.1) is 0 Å². The van der Waals surface area contributed by atoms with Gasteiger partial charge in [0, 0.05) is 19.2 Å². The van der Waals surface area contributed by atoms with E-state index in [1.54, 1.807) is 0 Å². The van der Waals surface area contributed by atoms with Crippen LogP contribution in [0.4, 0.5) is 27.6 Å². The molecule has 0 radical (unpaired) electrons. The van der Waals surface area contributed by atoms with Crippen molar-refractivity contribution in [3.8, 4) is 11.1 Å². The van der Waals surface area contributed by atoms with Crippen LogP contribution in [0.2, 0.25) is 0 Å². The number of hydrogen-bond acceptors (Lipinski definition) is 4. The molecule has 0 spiro atoms. The van der Waals surface area contributed by atoms with Crippen LogP contribution < -0.4 is 4.31 Å². The number of carbonyl (C=O) groups excluding carboxylic acids is 1. The molecular formula is C24H19F5N2O4S. The topological polar surface area (TPSA) is 66.9 Å². The molecule has 0 fully saturated rings. The Morgan fingerprint density at radius 1 is 0.972 bits per heavy atom. The Hall–Kier alpha value is -3.51. The molecule has 0 saturated carbocycles. The summed E-state index contributed by atoms with van der Waals surface area (Å²) in [6, 6.07) is 9.75. The van der Waals surface area contributed by atoms with Gasteiger partial charge in [-0.05, 0) is 54.1 Å². The largest absolute Gasteiger partial charge is 0.416 e. The van der Waals surface area contributed by atoms with Gasteiger partial charge in [0.2, 0.25) is 0 Å². The minimum Gasteiger partial charge on any atom is -0.383 e. The molecule has 6 nitrogen and oxygen atoms in total. The lowest BCUT2D eigenvalue weighted by atomic mass is 10.00. The Bertz CT molecular complexity index is 1430. The zero-order chi connectivity index (χ0) is 26.3. The van der Waals surface area contributed by atoms with Gasteiger partial charge < -0.3 is 9.64 Å². The Morgan fingerprint density at radius 3 is 2.42 bits per heavy atom. The van der Waals surface area contributed by atoms with Crippen molar-refractivity contribution < 1.29 is 39.9 Å².